The molecule has 0 aliphatic rings. The molecule has 0 saturated carbocycles. The molecule has 0 fully saturated rings. The van der Waals surface area contributed by atoms with Crippen molar-refractivity contribution in [2.24, 2.45) is 5.92 Å². The lowest BCUT2D eigenvalue weighted by Crippen LogP contribution is -2.51. The molecule has 0 saturated heterocycles. The largest absolute Gasteiger partial charge is 0.337 e. The van der Waals surface area contributed by atoms with E-state index in [4.69, 9.17) is 0 Å². The van der Waals surface area contributed by atoms with Gasteiger partial charge in [0.15, 0.2) is 0 Å². The lowest BCUT2D eigenvalue weighted by molar-refractivity contribution is -0.121. The normalized spacial score (nSPS) is 15.3. The van der Waals surface area contributed by atoms with Crippen molar-refractivity contribution in [1.82, 2.24) is 15.3 Å². The molecule has 0 bridgehead atoms. The molecule has 0 aliphatic heterocycles. The summed E-state index contributed by atoms with van der Waals surface area (Å²) in [4.78, 5) is 21.8. The van der Waals surface area contributed by atoms with E-state index in [-0.39, 0.29) is 17.1 Å². The Morgan fingerprint density at radius 2 is 2.18 bits per heavy atom. The van der Waals surface area contributed by atoms with Gasteiger partial charge in [0.25, 0.3) is 0 Å². The van der Waals surface area contributed by atoms with Crippen LogP contribution in [-0.2, 0) is 4.79 Å². The molecule has 0 spiro atoms. The van der Waals surface area contributed by atoms with Crippen molar-refractivity contribution in [3.05, 3.63) is 17.8 Å². The average Bonchev–Trinajstić information content (AvgIpc) is 2.96. The number of carbonyl (C=O) groups is 1. The van der Waals surface area contributed by atoms with Crippen molar-refractivity contribution < 1.29 is 4.79 Å². The molecule has 1 amide bonds. The van der Waals surface area contributed by atoms with Gasteiger partial charge in [0.1, 0.15) is 21.7 Å². The summed E-state index contributed by atoms with van der Waals surface area (Å²) in [5, 5.41) is 15.5. The van der Waals surface area contributed by atoms with Crippen LogP contribution < -0.4 is 5.32 Å². The average molecular weight is 334 g/mol. The molecule has 2 heterocycles. The summed E-state index contributed by atoms with van der Waals surface area (Å²) < 4.78 is 0. The van der Waals surface area contributed by atoms with Gasteiger partial charge in [-0.1, -0.05) is 25.6 Å². The molecule has 2 atom stereocenters. The maximum atomic E-state index is 12.4. The molecule has 2 rings (SSSR count). The second kappa shape index (κ2) is 6.63. The van der Waals surface area contributed by atoms with E-state index in [2.05, 4.69) is 21.4 Å². The minimum absolute atomic E-state index is 0.0290. The first-order valence-electron chi connectivity index (χ1n) is 6.95. The second-order valence-electron chi connectivity index (χ2n) is 5.54. The number of nitriles is 1. The van der Waals surface area contributed by atoms with Crippen molar-refractivity contribution in [2.75, 3.05) is 0 Å². The van der Waals surface area contributed by atoms with Crippen molar-refractivity contribution in [3.63, 3.8) is 0 Å². The summed E-state index contributed by atoms with van der Waals surface area (Å²) in [5.41, 5.74) is -0.866. The van der Waals surface area contributed by atoms with Crippen LogP contribution in [0.4, 0.5) is 0 Å². The molecule has 0 radical (unpaired) electrons. The van der Waals surface area contributed by atoms with Crippen molar-refractivity contribution in [1.29, 1.82) is 5.26 Å². The Hall–Kier alpha value is -1.65. The third-order valence-corrected chi connectivity index (χ3v) is 5.59. The molecule has 1 N–H and O–H groups in total. The fraction of sp³-hybridized carbons (Fsp3) is 0.467. The fourth-order valence-electron chi connectivity index (χ4n) is 1.74. The number of thioether (sulfide) groups is 1. The highest BCUT2D eigenvalue weighted by atomic mass is 32.2. The smallest absolute Gasteiger partial charge is 0.234 e. The predicted molar refractivity (Wildman–Crippen MR) is 89.7 cm³/mol. The summed E-state index contributed by atoms with van der Waals surface area (Å²) in [5.74, 6) is -0.133. The molecule has 0 aromatic carbocycles. The highest BCUT2D eigenvalue weighted by Crippen LogP contribution is 2.30. The van der Waals surface area contributed by atoms with E-state index in [1.165, 1.54) is 18.1 Å². The Bertz CT molecular complexity index is 722. The number of rotatable bonds is 5. The van der Waals surface area contributed by atoms with E-state index >= 15 is 0 Å². The number of nitrogens with one attached hydrogen (secondary N) is 1. The molecular weight excluding hydrogens is 316 g/mol. The van der Waals surface area contributed by atoms with Gasteiger partial charge >= 0.3 is 0 Å². The van der Waals surface area contributed by atoms with Crippen LogP contribution in [-0.4, -0.2) is 26.7 Å². The Labute approximate surface area is 138 Å². The minimum atomic E-state index is -0.866. The van der Waals surface area contributed by atoms with Gasteiger partial charge in [-0.05, 0) is 31.2 Å². The lowest BCUT2D eigenvalue weighted by Gasteiger charge is -2.28. The zero-order valence-corrected chi connectivity index (χ0v) is 14.6. The fourth-order valence-corrected chi connectivity index (χ4v) is 3.44. The summed E-state index contributed by atoms with van der Waals surface area (Å²) in [6.45, 7) is 7.40. The van der Waals surface area contributed by atoms with Crippen LogP contribution in [0.5, 0.6) is 0 Å². The zero-order valence-electron chi connectivity index (χ0n) is 13.0. The molecule has 116 valence electrons. The number of hydrogen-bond donors (Lipinski definition) is 1. The van der Waals surface area contributed by atoms with E-state index in [9.17, 15) is 10.1 Å². The van der Waals surface area contributed by atoms with Gasteiger partial charge in [0.05, 0.1) is 11.3 Å². The maximum absolute atomic E-state index is 12.4. The number of fused-ring (bicyclic) bond motifs is 1. The van der Waals surface area contributed by atoms with Crippen LogP contribution in [0.25, 0.3) is 10.2 Å². The molecule has 22 heavy (non-hydrogen) atoms. The quantitative estimate of drug-likeness (QED) is 0.671. The molecule has 2 aromatic rings. The molecular formula is C15H18N4OS2. The van der Waals surface area contributed by atoms with E-state index < -0.39 is 5.54 Å². The first kappa shape index (κ1) is 16.7. The highest BCUT2D eigenvalue weighted by molar-refractivity contribution is 8.00. The van der Waals surface area contributed by atoms with Gasteiger partial charge in [0.2, 0.25) is 5.91 Å². The van der Waals surface area contributed by atoms with Crippen molar-refractivity contribution in [3.8, 4) is 6.07 Å². The monoisotopic (exact) mass is 334 g/mol. The van der Waals surface area contributed by atoms with Crippen molar-refractivity contribution >= 4 is 39.2 Å². The Morgan fingerprint density at radius 3 is 2.82 bits per heavy atom. The van der Waals surface area contributed by atoms with E-state index in [0.29, 0.717) is 0 Å². The van der Waals surface area contributed by atoms with Crippen LogP contribution in [0.3, 0.4) is 0 Å². The van der Waals surface area contributed by atoms with Crippen LogP contribution in [0, 0.1) is 17.2 Å². The maximum Gasteiger partial charge on any atom is 0.234 e. The number of nitrogens with zero attached hydrogens (tertiary/aromatic N) is 3. The van der Waals surface area contributed by atoms with Crippen LogP contribution in [0.2, 0.25) is 0 Å². The molecule has 2 aromatic heterocycles. The van der Waals surface area contributed by atoms with Gasteiger partial charge in [-0.15, -0.1) is 11.3 Å². The van der Waals surface area contributed by atoms with E-state index in [1.54, 1.807) is 18.3 Å². The zero-order chi connectivity index (χ0) is 16.3. The number of carbonyl (C=O) groups excluding carboxylic acids is 1. The molecule has 7 heteroatoms. The summed E-state index contributed by atoms with van der Waals surface area (Å²) in [6.07, 6.45) is 1.51. The molecule has 5 nitrogen and oxygen atoms in total. The summed E-state index contributed by atoms with van der Waals surface area (Å²) in [6, 6.07) is 4.15. The topological polar surface area (TPSA) is 78.7 Å². The Kier molecular flexibility index (Phi) is 5.04. The SMILES string of the molecule is CC(C)[C@@](C)(C#N)NC(=O)[C@@H](C)Sc1ncnc2sccc12. The van der Waals surface area contributed by atoms with Crippen LogP contribution in [0.15, 0.2) is 22.8 Å². The molecule has 0 unspecified atom stereocenters. The minimum Gasteiger partial charge on any atom is -0.337 e. The van der Waals surface area contributed by atoms with Crippen LogP contribution in [0.1, 0.15) is 27.7 Å². The van der Waals surface area contributed by atoms with E-state index in [0.717, 1.165) is 15.2 Å². The first-order valence-corrected chi connectivity index (χ1v) is 8.71. The Balaban J connectivity index is 2.12. The van der Waals surface area contributed by atoms with Gasteiger partial charge in [-0.3, -0.25) is 4.79 Å². The number of amides is 1. The standard InChI is InChI=1S/C15H18N4OS2/c1-9(2)15(4,7-16)19-12(20)10(3)22-14-11-5-6-21-13(11)17-8-18-14/h5-6,8-10H,1-4H3,(H,19,20)/t10-,15-/m1/s1. The number of hydrogen-bond acceptors (Lipinski definition) is 6. The third-order valence-electron chi connectivity index (χ3n) is 3.65. The lowest BCUT2D eigenvalue weighted by atomic mass is 9.90. The first-order chi connectivity index (χ1) is 10.4. The van der Waals surface area contributed by atoms with Gasteiger partial charge in [0, 0.05) is 5.39 Å². The molecule has 0 aliphatic carbocycles. The predicted octanol–water partition coefficient (Wildman–Crippen LogP) is 3.23. The van der Waals surface area contributed by atoms with E-state index in [1.807, 2.05) is 32.2 Å². The summed E-state index contributed by atoms with van der Waals surface area (Å²) >= 11 is 2.93. The highest BCUT2D eigenvalue weighted by Gasteiger charge is 2.32. The second-order valence-corrected chi connectivity index (χ2v) is 7.76. The Morgan fingerprint density at radius 1 is 1.45 bits per heavy atom. The number of aromatic nitrogens is 2. The number of thiophene rings is 1. The van der Waals surface area contributed by atoms with Gasteiger partial charge in [-0.2, -0.15) is 5.26 Å². The summed E-state index contributed by atoms with van der Waals surface area (Å²) in [7, 11) is 0. The van der Waals surface area contributed by atoms with Gasteiger partial charge in [-0.25, -0.2) is 9.97 Å². The van der Waals surface area contributed by atoms with Crippen molar-refractivity contribution in [2.45, 2.75) is 43.5 Å². The van der Waals surface area contributed by atoms with Gasteiger partial charge < -0.3 is 5.32 Å². The van der Waals surface area contributed by atoms with Crippen LogP contribution >= 0.6 is 23.1 Å². The third kappa shape index (κ3) is 3.39.